The molecule has 0 radical (unpaired) electrons. The van der Waals surface area contributed by atoms with E-state index in [4.69, 9.17) is 15.2 Å². The van der Waals surface area contributed by atoms with Crippen LogP contribution in [0.2, 0.25) is 0 Å². The quantitative estimate of drug-likeness (QED) is 0.355. The first-order chi connectivity index (χ1) is 7.15. The molecule has 0 saturated heterocycles. The van der Waals surface area contributed by atoms with Crippen LogP contribution in [0.4, 0.5) is 5.69 Å². The van der Waals surface area contributed by atoms with E-state index >= 15 is 0 Å². The van der Waals surface area contributed by atoms with Gasteiger partial charge in [0.05, 0.1) is 5.56 Å². The third-order valence-electron chi connectivity index (χ3n) is 1.98. The third kappa shape index (κ3) is 3.25. The summed E-state index contributed by atoms with van der Waals surface area (Å²) in [6, 6.07) is 5.02. The normalized spacial score (nSPS) is 10.0. The van der Waals surface area contributed by atoms with Crippen LogP contribution in [0.3, 0.4) is 0 Å². The number of carbonyl (C=O) groups is 1. The molecule has 0 fully saturated rings. The summed E-state index contributed by atoms with van der Waals surface area (Å²) in [5.74, 6) is -0.397. The summed E-state index contributed by atoms with van der Waals surface area (Å²) in [5, 5.41) is 0. The fourth-order valence-corrected chi connectivity index (χ4v) is 1.06. The molecule has 0 unspecified atom stereocenters. The van der Waals surface area contributed by atoms with E-state index in [1.807, 2.05) is 13.8 Å². The molecule has 0 heterocycles. The maximum absolute atomic E-state index is 11.4. The molecule has 15 heavy (non-hydrogen) atoms. The van der Waals surface area contributed by atoms with Gasteiger partial charge in [-0.3, -0.25) is 0 Å². The summed E-state index contributed by atoms with van der Waals surface area (Å²) in [6.07, 6.45) is 0. The SMILES string of the molecule is CCOCOC(=O)c1ccc(N)c(C)c1. The second kappa shape index (κ2) is 5.36. The summed E-state index contributed by atoms with van der Waals surface area (Å²) in [6.45, 7) is 4.18. The molecule has 4 heteroatoms. The Kier molecular flexibility index (Phi) is 4.12. The first-order valence-corrected chi connectivity index (χ1v) is 4.76. The predicted molar refractivity (Wildman–Crippen MR) is 57.5 cm³/mol. The molecule has 0 aromatic heterocycles. The van der Waals surface area contributed by atoms with Crippen molar-refractivity contribution in [3.63, 3.8) is 0 Å². The summed E-state index contributed by atoms with van der Waals surface area (Å²) in [4.78, 5) is 11.4. The van der Waals surface area contributed by atoms with Gasteiger partial charge in [-0.2, -0.15) is 0 Å². The Bertz CT molecular complexity index is 350. The summed E-state index contributed by atoms with van der Waals surface area (Å²) in [5.41, 5.74) is 7.65. The molecular weight excluding hydrogens is 194 g/mol. The number of rotatable bonds is 4. The predicted octanol–water partition coefficient (Wildman–Crippen LogP) is 1.73. The van der Waals surface area contributed by atoms with Crippen LogP contribution in [-0.4, -0.2) is 19.4 Å². The van der Waals surface area contributed by atoms with Gasteiger partial charge in [-0.15, -0.1) is 0 Å². The first kappa shape index (κ1) is 11.5. The molecule has 4 nitrogen and oxygen atoms in total. The van der Waals surface area contributed by atoms with Crippen LogP contribution in [0.5, 0.6) is 0 Å². The number of aryl methyl sites for hydroxylation is 1. The smallest absolute Gasteiger partial charge is 0.340 e. The van der Waals surface area contributed by atoms with Gasteiger partial charge >= 0.3 is 5.97 Å². The maximum atomic E-state index is 11.4. The van der Waals surface area contributed by atoms with Crippen molar-refractivity contribution in [1.29, 1.82) is 0 Å². The zero-order chi connectivity index (χ0) is 11.3. The highest BCUT2D eigenvalue weighted by molar-refractivity contribution is 5.90. The largest absolute Gasteiger partial charge is 0.435 e. The number of anilines is 1. The number of nitrogen functional groups attached to an aromatic ring is 1. The lowest BCUT2D eigenvalue weighted by molar-refractivity contribution is -0.0274. The van der Waals surface area contributed by atoms with Crippen molar-refractivity contribution in [3.8, 4) is 0 Å². The first-order valence-electron chi connectivity index (χ1n) is 4.76. The van der Waals surface area contributed by atoms with Gasteiger partial charge in [-0.05, 0) is 37.6 Å². The van der Waals surface area contributed by atoms with Crippen LogP contribution in [0.25, 0.3) is 0 Å². The molecule has 0 aliphatic heterocycles. The fraction of sp³-hybridized carbons (Fsp3) is 0.364. The Hall–Kier alpha value is -1.55. The van der Waals surface area contributed by atoms with E-state index in [-0.39, 0.29) is 6.79 Å². The van der Waals surface area contributed by atoms with Crippen molar-refractivity contribution in [1.82, 2.24) is 0 Å². The summed E-state index contributed by atoms with van der Waals surface area (Å²) in [7, 11) is 0. The number of ether oxygens (including phenoxy) is 2. The molecule has 1 aromatic rings. The van der Waals surface area contributed by atoms with Crippen LogP contribution in [0, 0.1) is 6.92 Å². The van der Waals surface area contributed by atoms with Gasteiger partial charge in [0.2, 0.25) is 0 Å². The molecule has 1 rings (SSSR count). The Morgan fingerprint density at radius 1 is 1.47 bits per heavy atom. The Morgan fingerprint density at radius 2 is 2.20 bits per heavy atom. The molecule has 0 bridgehead atoms. The van der Waals surface area contributed by atoms with E-state index in [0.717, 1.165) is 5.56 Å². The number of hydrogen-bond acceptors (Lipinski definition) is 4. The van der Waals surface area contributed by atoms with Gasteiger partial charge in [-0.25, -0.2) is 4.79 Å². The highest BCUT2D eigenvalue weighted by Crippen LogP contribution is 2.13. The van der Waals surface area contributed by atoms with Gasteiger partial charge in [0.1, 0.15) is 0 Å². The van der Waals surface area contributed by atoms with Crippen molar-refractivity contribution >= 4 is 11.7 Å². The molecule has 0 amide bonds. The lowest BCUT2D eigenvalue weighted by Gasteiger charge is -2.06. The molecule has 0 aliphatic carbocycles. The number of carbonyl (C=O) groups excluding carboxylic acids is 1. The second-order valence-electron chi connectivity index (χ2n) is 3.11. The topological polar surface area (TPSA) is 61.5 Å². The van der Waals surface area contributed by atoms with Gasteiger partial charge < -0.3 is 15.2 Å². The van der Waals surface area contributed by atoms with Crippen molar-refractivity contribution in [2.24, 2.45) is 0 Å². The second-order valence-corrected chi connectivity index (χ2v) is 3.11. The van der Waals surface area contributed by atoms with Crippen molar-refractivity contribution in [3.05, 3.63) is 29.3 Å². The Labute approximate surface area is 89.0 Å². The highest BCUT2D eigenvalue weighted by Gasteiger charge is 2.07. The van der Waals surface area contributed by atoms with Crippen molar-refractivity contribution in [2.45, 2.75) is 13.8 Å². The minimum Gasteiger partial charge on any atom is -0.435 e. The van der Waals surface area contributed by atoms with Crippen molar-refractivity contribution < 1.29 is 14.3 Å². The minimum atomic E-state index is -0.397. The van der Waals surface area contributed by atoms with E-state index in [9.17, 15) is 4.79 Å². The Morgan fingerprint density at radius 3 is 2.80 bits per heavy atom. The van der Waals surface area contributed by atoms with E-state index in [2.05, 4.69) is 0 Å². The lowest BCUT2D eigenvalue weighted by Crippen LogP contribution is -2.09. The van der Waals surface area contributed by atoms with E-state index < -0.39 is 5.97 Å². The van der Waals surface area contributed by atoms with E-state index in [0.29, 0.717) is 17.9 Å². The molecule has 0 aliphatic rings. The number of benzene rings is 1. The van der Waals surface area contributed by atoms with Gasteiger partial charge in [0.15, 0.2) is 6.79 Å². The van der Waals surface area contributed by atoms with Gasteiger partial charge in [0, 0.05) is 12.3 Å². The maximum Gasteiger partial charge on any atom is 0.340 e. The molecule has 1 aromatic carbocycles. The number of nitrogens with two attached hydrogens (primary N) is 1. The number of esters is 1. The molecule has 2 N–H and O–H groups in total. The summed E-state index contributed by atoms with van der Waals surface area (Å²) < 4.78 is 9.77. The van der Waals surface area contributed by atoms with Gasteiger partial charge in [-0.1, -0.05) is 0 Å². The molecule has 0 saturated carbocycles. The van der Waals surface area contributed by atoms with Crippen LogP contribution in [0.15, 0.2) is 18.2 Å². The number of hydrogen-bond donors (Lipinski definition) is 1. The van der Waals surface area contributed by atoms with E-state index in [1.54, 1.807) is 18.2 Å². The molecule has 82 valence electrons. The molecule has 0 atom stereocenters. The van der Waals surface area contributed by atoms with Crippen LogP contribution in [0.1, 0.15) is 22.8 Å². The van der Waals surface area contributed by atoms with Crippen molar-refractivity contribution in [2.75, 3.05) is 19.1 Å². The minimum absolute atomic E-state index is 0.0151. The Balaban J connectivity index is 2.62. The lowest BCUT2D eigenvalue weighted by atomic mass is 10.1. The fourth-order valence-electron chi connectivity index (χ4n) is 1.06. The van der Waals surface area contributed by atoms with Crippen LogP contribution >= 0.6 is 0 Å². The average Bonchev–Trinajstić information content (AvgIpc) is 2.22. The van der Waals surface area contributed by atoms with Gasteiger partial charge in [0.25, 0.3) is 0 Å². The zero-order valence-electron chi connectivity index (χ0n) is 8.95. The average molecular weight is 209 g/mol. The molecule has 0 spiro atoms. The monoisotopic (exact) mass is 209 g/mol. The van der Waals surface area contributed by atoms with E-state index in [1.165, 1.54) is 0 Å². The molecular formula is C11H15NO3. The standard InChI is InChI=1S/C11H15NO3/c1-3-14-7-15-11(13)9-4-5-10(12)8(2)6-9/h4-6H,3,7,12H2,1-2H3. The third-order valence-corrected chi connectivity index (χ3v) is 1.98. The summed E-state index contributed by atoms with van der Waals surface area (Å²) >= 11 is 0. The van der Waals surface area contributed by atoms with Crippen LogP contribution < -0.4 is 5.73 Å². The highest BCUT2D eigenvalue weighted by atomic mass is 16.7. The zero-order valence-corrected chi connectivity index (χ0v) is 8.95. The van der Waals surface area contributed by atoms with Crippen LogP contribution in [-0.2, 0) is 9.47 Å².